The van der Waals surface area contributed by atoms with Gasteiger partial charge in [-0.15, -0.1) is 5.92 Å². The second-order valence-corrected chi connectivity index (χ2v) is 4.40. The van der Waals surface area contributed by atoms with Crippen LogP contribution in [0.1, 0.15) is 29.9 Å². The van der Waals surface area contributed by atoms with E-state index in [-0.39, 0.29) is 12.5 Å². The SMILES string of the molecule is OCCCC#CC(c1ccccc1)c1ccccc1. The highest BCUT2D eigenvalue weighted by Gasteiger charge is 2.09. The van der Waals surface area contributed by atoms with Crippen molar-refractivity contribution >= 4 is 0 Å². The number of rotatable bonds is 4. The number of hydrogen-bond donors (Lipinski definition) is 1. The van der Waals surface area contributed by atoms with E-state index in [0.717, 1.165) is 12.8 Å². The van der Waals surface area contributed by atoms with Crippen molar-refractivity contribution in [1.82, 2.24) is 0 Å². The molecular formula is C18H18O. The van der Waals surface area contributed by atoms with Gasteiger partial charge < -0.3 is 5.11 Å². The third-order valence-electron chi connectivity index (χ3n) is 2.97. The van der Waals surface area contributed by atoms with Gasteiger partial charge in [-0.25, -0.2) is 0 Å². The molecule has 0 saturated carbocycles. The third-order valence-corrected chi connectivity index (χ3v) is 2.97. The molecule has 0 unspecified atom stereocenters. The third kappa shape index (κ3) is 3.98. The van der Waals surface area contributed by atoms with Gasteiger partial charge >= 0.3 is 0 Å². The lowest BCUT2D eigenvalue weighted by Gasteiger charge is -2.11. The summed E-state index contributed by atoms with van der Waals surface area (Å²) in [5, 5.41) is 8.80. The first-order chi connectivity index (χ1) is 9.42. The molecule has 2 aromatic rings. The van der Waals surface area contributed by atoms with Gasteiger partial charge in [-0.3, -0.25) is 0 Å². The highest BCUT2D eigenvalue weighted by Crippen LogP contribution is 2.23. The molecule has 19 heavy (non-hydrogen) atoms. The fourth-order valence-electron chi connectivity index (χ4n) is 1.99. The summed E-state index contributed by atoms with van der Waals surface area (Å²) in [6.45, 7) is 0.204. The second kappa shape index (κ2) is 7.41. The van der Waals surface area contributed by atoms with Crippen LogP contribution in [0.25, 0.3) is 0 Å². The van der Waals surface area contributed by atoms with Crippen molar-refractivity contribution < 1.29 is 5.11 Å². The number of aliphatic hydroxyl groups is 1. The van der Waals surface area contributed by atoms with Crippen molar-refractivity contribution in [2.75, 3.05) is 6.61 Å². The summed E-state index contributed by atoms with van der Waals surface area (Å²) < 4.78 is 0. The van der Waals surface area contributed by atoms with Gasteiger partial charge in [0.05, 0.1) is 5.92 Å². The zero-order valence-corrected chi connectivity index (χ0v) is 10.9. The molecule has 0 saturated heterocycles. The van der Waals surface area contributed by atoms with Gasteiger partial charge in [0.1, 0.15) is 0 Å². The molecule has 0 bridgehead atoms. The molecule has 0 aliphatic heterocycles. The van der Waals surface area contributed by atoms with Gasteiger partial charge in [0.15, 0.2) is 0 Å². The molecule has 0 amide bonds. The Kier molecular flexibility index (Phi) is 5.22. The average Bonchev–Trinajstić information content (AvgIpc) is 2.49. The van der Waals surface area contributed by atoms with E-state index in [0.29, 0.717) is 0 Å². The lowest BCUT2D eigenvalue weighted by molar-refractivity contribution is 0.290. The fourth-order valence-corrected chi connectivity index (χ4v) is 1.99. The smallest absolute Gasteiger partial charge is 0.0702 e. The molecule has 0 radical (unpaired) electrons. The van der Waals surface area contributed by atoms with E-state index in [1.807, 2.05) is 36.4 Å². The first kappa shape index (κ1) is 13.4. The van der Waals surface area contributed by atoms with Crippen LogP contribution >= 0.6 is 0 Å². The maximum Gasteiger partial charge on any atom is 0.0702 e. The minimum absolute atomic E-state index is 0.112. The topological polar surface area (TPSA) is 20.2 Å². The summed E-state index contributed by atoms with van der Waals surface area (Å²) in [4.78, 5) is 0. The van der Waals surface area contributed by atoms with E-state index >= 15 is 0 Å². The Labute approximate surface area is 114 Å². The summed E-state index contributed by atoms with van der Waals surface area (Å²) in [6.07, 6.45) is 1.48. The second-order valence-electron chi connectivity index (χ2n) is 4.40. The summed E-state index contributed by atoms with van der Waals surface area (Å²) in [6, 6.07) is 20.6. The molecular weight excluding hydrogens is 232 g/mol. The lowest BCUT2D eigenvalue weighted by atomic mass is 9.92. The molecule has 0 aliphatic carbocycles. The van der Waals surface area contributed by atoms with Crippen LogP contribution < -0.4 is 0 Å². The van der Waals surface area contributed by atoms with E-state index in [2.05, 4.69) is 36.1 Å². The largest absolute Gasteiger partial charge is 0.396 e. The zero-order chi connectivity index (χ0) is 13.3. The van der Waals surface area contributed by atoms with Crippen LogP contribution in [0, 0.1) is 11.8 Å². The Morgan fingerprint density at radius 2 is 1.37 bits per heavy atom. The number of hydrogen-bond acceptors (Lipinski definition) is 1. The van der Waals surface area contributed by atoms with Crippen molar-refractivity contribution in [3.8, 4) is 11.8 Å². The molecule has 1 nitrogen and oxygen atoms in total. The highest BCUT2D eigenvalue weighted by molar-refractivity contribution is 5.40. The Balaban J connectivity index is 2.26. The minimum atomic E-state index is 0.112. The molecule has 1 N–H and O–H groups in total. The predicted octanol–water partition coefficient (Wildman–Crippen LogP) is 3.59. The first-order valence-corrected chi connectivity index (χ1v) is 6.61. The van der Waals surface area contributed by atoms with Crippen LogP contribution in [0.4, 0.5) is 0 Å². The molecule has 0 aliphatic rings. The molecule has 0 spiro atoms. The van der Waals surface area contributed by atoms with E-state index < -0.39 is 0 Å². The first-order valence-electron chi connectivity index (χ1n) is 6.61. The Bertz CT molecular complexity index is 495. The van der Waals surface area contributed by atoms with Crippen molar-refractivity contribution in [1.29, 1.82) is 0 Å². The Hall–Kier alpha value is -2.04. The molecule has 96 valence electrons. The standard InChI is InChI=1S/C18H18O/c19-15-9-3-8-14-18(16-10-4-1-5-11-16)17-12-6-2-7-13-17/h1-2,4-7,10-13,18-19H,3,9,15H2. The zero-order valence-electron chi connectivity index (χ0n) is 10.9. The van der Waals surface area contributed by atoms with E-state index in [9.17, 15) is 0 Å². The van der Waals surface area contributed by atoms with Crippen LogP contribution in [0.15, 0.2) is 60.7 Å². The van der Waals surface area contributed by atoms with E-state index in [1.165, 1.54) is 11.1 Å². The van der Waals surface area contributed by atoms with Crippen LogP contribution in [0.3, 0.4) is 0 Å². The number of aliphatic hydroxyl groups excluding tert-OH is 1. The monoisotopic (exact) mass is 250 g/mol. The molecule has 1 heteroatoms. The van der Waals surface area contributed by atoms with Gasteiger partial charge in [0.25, 0.3) is 0 Å². The van der Waals surface area contributed by atoms with E-state index in [1.54, 1.807) is 0 Å². The molecule has 2 rings (SSSR count). The minimum Gasteiger partial charge on any atom is -0.396 e. The molecule has 0 heterocycles. The van der Waals surface area contributed by atoms with Gasteiger partial charge in [0, 0.05) is 13.0 Å². The number of benzene rings is 2. The lowest BCUT2D eigenvalue weighted by Crippen LogP contribution is -1.98. The summed E-state index contributed by atoms with van der Waals surface area (Å²) >= 11 is 0. The molecule has 0 atom stereocenters. The Morgan fingerprint density at radius 1 is 0.842 bits per heavy atom. The van der Waals surface area contributed by atoms with Gasteiger partial charge in [-0.2, -0.15) is 0 Å². The maximum atomic E-state index is 8.80. The van der Waals surface area contributed by atoms with Crippen molar-refractivity contribution in [2.24, 2.45) is 0 Å². The summed E-state index contributed by atoms with van der Waals surface area (Å²) in [5.74, 6) is 6.61. The fraction of sp³-hybridized carbons (Fsp3) is 0.222. The Morgan fingerprint density at radius 3 is 1.84 bits per heavy atom. The van der Waals surface area contributed by atoms with Crippen molar-refractivity contribution in [3.05, 3.63) is 71.8 Å². The predicted molar refractivity (Wildman–Crippen MR) is 78.8 cm³/mol. The average molecular weight is 250 g/mol. The van der Waals surface area contributed by atoms with Crippen LogP contribution in [0.5, 0.6) is 0 Å². The molecule has 2 aromatic carbocycles. The van der Waals surface area contributed by atoms with Crippen LogP contribution in [-0.2, 0) is 0 Å². The van der Waals surface area contributed by atoms with Gasteiger partial charge in [0.2, 0.25) is 0 Å². The summed E-state index contributed by atoms with van der Waals surface area (Å²) in [5.41, 5.74) is 2.43. The van der Waals surface area contributed by atoms with E-state index in [4.69, 9.17) is 5.11 Å². The number of unbranched alkanes of at least 4 members (excludes halogenated alkanes) is 1. The van der Waals surface area contributed by atoms with Crippen LogP contribution in [-0.4, -0.2) is 11.7 Å². The highest BCUT2D eigenvalue weighted by atomic mass is 16.2. The van der Waals surface area contributed by atoms with Crippen LogP contribution in [0.2, 0.25) is 0 Å². The molecule has 0 aromatic heterocycles. The van der Waals surface area contributed by atoms with Crippen molar-refractivity contribution in [2.45, 2.75) is 18.8 Å². The molecule has 0 fully saturated rings. The van der Waals surface area contributed by atoms with Gasteiger partial charge in [-0.05, 0) is 17.5 Å². The summed E-state index contributed by atoms with van der Waals surface area (Å²) in [7, 11) is 0. The quantitative estimate of drug-likeness (QED) is 0.649. The van der Waals surface area contributed by atoms with Crippen molar-refractivity contribution in [3.63, 3.8) is 0 Å². The normalized spacial score (nSPS) is 10.0. The van der Waals surface area contributed by atoms with Gasteiger partial charge in [-0.1, -0.05) is 66.6 Å². The maximum absolute atomic E-state index is 8.80.